The van der Waals surface area contributed by atoms with Gasteiger partial charge in [0.05, 0.1) is 5.69 Å². The van der Waals surface area contributed by atoms with E-state index in [1.807, 2.05) is 44.2 Å². The highest BCUT2D eigenvalue weighted by molar-refractivity contribution is 6.08. The number of hydrogen-bond donors (Lipinski definition) is 2. The van der Waals surface area contributed by atoms with Gasteiger partial charge in [-0.2, -0.15) is 0 Å². The average Bonchev–Trinajstić information content (AvgIpc) is 3.01. The van der Waals surface area contributed by atoms with E-state index in [0.29, 0.717) is 29.9 Å². The van der Waals surface area contributed by atoms with E-state index in [1.54, 1.807) is 37.2 Å². The van der Waals surface area contributed by atoms with Gasteiger partial charge in [-0.25, -0.2) is 9.79 Å². The number of nitrogens with zero attached hydrogens (tertiary/aromatic N) is 3. The van der Waals surface area contributed by atoms with Crippen LogP contribution in [-0.2, 0) is 4.79 Å². The molecule has 1 heterocycles. The molecule has 0 radical (unpaired) electrons. The Balaban J connectivity index is 2.00. The fourth-order valence-corrected chi connectivity index (χ4v) is 4.00. The first-order valence-electron chi connectivity index (χ1n) is 11.8. The van der Waals surface area contributed by atoms with Crippen LogP contribution < -0.4 is 5.32 Å². The molecule has 2 aromatic rings. The molecule has 0 saturated heterocycles. The first-order valence-corrected chi connectivity index (χ1v) is 11.8. The van der Waals surface area contributed by atoms with Gasteiger partial charge < -0.3 is 14.9 Å². The molecule has 3 rings (SSSR count). The molecule has 0 aliphatic carbocycles. The topological polar surface area (TPSA) is 102 Å². The molecule has 184 valence electrons. The Kier molecular flexibility index (Phi) is 8.41. The van der Waals surface area contributed by atoms with Gasteiger partial charge in [0.2, 0.25) is 5.91 Å². The maximum atomic E-state index is 13.3. The highest BCUT2D eigenvalue weighted by Crippen LogP contribution is 2.32. The maximum absolute atomic E-state index is 13.3. The van der Waals surface area contributed by atoms with Crippen LogP contribution in [-0.4, -0.2) is 65.8 Å². The van der Waals surface area contributed by atoms with Crippen molar-refractivity contribution in [2.75, 3.05) is 27.2 Å². The van der Waals surface area contributed by atoms with Crippen LogP contribution >= 0.6 is 0 Å². The number of carboxylic acid groups (broad SMARTS) is 1. The van der Waals surface area contributed by atoms with Gasteiger partial charge >= 0.3 is 6.09 Å². The Bertz CT molecular complexity index is 1160. The lowest BCUT2D eigenvalue weighted by Gasteiger charge is -2.23. The van der Waals surface area contributed by atoms with E-state index in [9.17, 15) is 19.5 Å². The molecule has 0 unspecified atom stereocenters. The fourth-order valence-electron chi connectivity index (χ4n) is 4.00. The number of benzene rings is 2. The molecule has 1 aliphatic heterocycles. The van der Waals surface area contributed by atoms with Crippen molar-refractivity contribution in [2.45, 2.75) is 33.1 Å². The number of hydrogen-bond acceptors (Lipinski definition) is 4. The molecular weight excluding hydrogens is 444 g/mol. The summed E-state index contributed by atoms with van der Waals surface area (Å²) in [4.78, 5) is 44.8. The first kappa shape index (κ1) is 25.7. The van der Waals surface area contributed by atoms with Gasteiger partial charge in [0.25, 0.3) is 5.91 Å². The van der Waals surface area contributed by atoms with Crippen molar-refractivity contribution >= 4 is 35.5 Å². The first-order chi connectivity index (χ1) is 16.7. The number of nitrogens with one attached hydrogen (secondary N) is 1. The van der Waals surface area contributed by atoms with Crippen molar-refractivity contribution in [3.63, 3.8) is 0 Å². The SMILES string of the molecule is CCCN(CCC)C(=O)C1=Cc2ccc(-c3ccc(C(=O)N(C)C)cc3)cc2N=C(NC(=O)O)C1. The van der Waals surface area contributed by atoms with E-state index in [4.69, 9.17) is 0 Å². The van der Waals surface area contributed by atoms with Gasteiger partial charge in [-0.1, -0.05) is 38.1 Å². The van der Waals surface area contributed by atoms with E-state index in [2.05, 4.69) is 10.3 Å². The van der Waals surface area contributed by atoms with Crippen molar-refractivity contribution in [1.82, 2.24) is 15.1 Å². The van der Waals surface area contributed by atoms with Crippen LogP contribution in [0.15, 0.2) is 53.0 Å². The van der Waals surface area contributed by atoms with Gasteiger partial charge in [0.15, 0.2) is 0 Å². The molecule has 0 fully saturated rings. The molecule has 35 heavy (non-hydrogen) atoms. The van der Waals surface area contributed by atoms with Crippen LogP contribution in [0.5, 0.6) is 0 Å². The standard InChI is InChI=1S/C27H32N4O4/c1-5-13-31(14-6-2)26(33)22-15-21-12-11-20(16-23(21)28-24(17-22)29-27(34)35)18-7-9-19(10-8-18)25(32)30(3)4/h7-12,15-16H,5-6,13-14,17H2,1-4H3,(H,28,29)(H,34,35). The fraction of sp³-hybridized carbons (Fsp3) is 0.333. The van der Waals surface area contributed by atoms with Crippen LogP contribution in [0.25, 0.3) is 17.2 Å². The van der Waals surface area contributed by atoms with E-state index < -0.39 is 6.09 Å². The Morgan fingerprint density at radius 2 is 1.57 bits per heavy atom. The second kappa shape index (κ2) is 11.5. The van der Waals surface area contributed by atoms with Crippen LogP contribution in [0, 0.1) is 0 Å². The Labute approximate surface area is 206 Å². The van der Waals surface area contributed by atoms with Crippen molar-refractivity contribution in [3.05, 3.63) is 59.2 Å². The van der Waals surface area contributed by atoms with Crippen molar-refractivity contribution in [3.8, 4) is 11.1 Å². The summed E-state index contributed by atoms with van der Waals surface area (Å²) in [6.45, 7) is 5.33. The number of amides is 3. The van der Waals surface area contributed by atoms with Crippen LogP contribution in [0.1, 0.15) is 49.0 Å². The van der Waals surface area contributed by atoms with Gasteiger partial charge in [0, 0.05) is 50.3 Å². The summed E-state index contributed by atoms with van der Waals surface area (Å²) in [5, 5.41) is 11.7. The molecule has 1 aliphatic rings. The third kappa shape index (κ3) is 6.35. The zero-order valence-corrected chi connectivity index (χ0v) is 20.7. The number of fused-ring (bicyclic) bond motifs is 1. The third-order valence-corrected chi connectivity index (χ3v) is 5.65. The van der Waals surface area contributed by atoms with E-state index >= 15 is 0 Å². The predicted octanol–water partition coefficient (Wildman–Crippen LogP) is 4.79. The molecule has 0 bridgehead atoms. The smallest absolute Gasteiger partial charge is 0.410 e. The summed E-state index contributed by atoms with van der Waals surface area (Å²) in [7, 11) is 3.42. The minimum atomic E-state index is -1.23. The lowest BCUT2D eigenvalue weighted by Crippen LogP contribution is -2.36. The average molecular weight is 477 g/mol. The summed E-state index contributed by atoms with van der Waals surface area (Å²) in [6, 6.07) is 13.0. The minimum absolute atomic E-state index is 0.0741. The molecule has 0 spiro atoms. The summed E-state index contributed by atoms with van der Waals surface area (Å²) in [5.41, 5.74) is 4.17. The summed E-state index contributed by atoms with van der Waals surface area (Å²) in [6.07, 6.45) is 2.35. The van der Waals surface area contributed by atoms with Gasteiger partial charge in [-0.05, 0) is 48.2 Å². The van der Waals surface area contributed by atoms with E-state index in [0.717, 1.165) is 29.5 Å². The highest BCUT2D eigenvalue weighted by atomic mass is 16.4. The van der Waals surface area contributed by atoms with E-state index in [-0.39, 0.29) is 24.1 Å². The molecule has 0 atom stereocenters. The molecule has 8 heteroatoms. The summed E-state index contributed by atoms with van der Waals surface area (Å²) >= 11 is 0. The lowest BCUT2D eigenvalue weighted by atomic mass is 9.99. The Morgan fingerprint density at radius 3 is 2.14 bits per heavy atom. The second-order valence-corrected chi connectivity index (χ2v) is 8.68. The second-order valence-electron chi connectivity index (χ2n) is 8.68. The molecule has 3 amide bonds. The molecule has 0 saturated carbocycles. The number of amidine groups is 1. The van der Waals surface area contributed by atoms with Gasteiger partial charge in [-0.15, -0.1) is 0 Å². The third-order valence-electron chi connectivity index (χ3n) is 5.65. The zero-order chi connectivity index (χ0) is 25.5. The van der Waals surface area contributed by atoms with Gasteiger partial charge in [0.1, 0.15) is 5.84 Å². The largest absolute Gasteiger partial charge is 0.465 e. The predicted molar refractivity (Wildman–Crippen MR) is 138 cm³/mol. The summed E-state index contributed by atoms with van der Waals surface area (Å²) in [5.74, 6) is 0.0227. The normalized spacial score (nSPS) is 12.6. The number of rotatable bonds is 7. The Morgan fingerprint density at radius 1 is 0.943 bits per heavy atom. The quantitative estimate of drug-likeness (QED) is 0.600. The van der Waals surface area contributed by atoms with Crippen LogP contribution in [0.2, 0.25) is 0 Å². The molecule has 2 N–H and O–H groups in total. The zero-order valence-electron chi connectivity index (χ0n) is 20.7. The lowest BCUT2D eigenvalue weighted by molar-refractivity contribution is -0.127. The van der Waals surface area contributed by atoms with Crippen molar-refractivity contribution < 1.29 is 19.5 Å². The van der Waals surface area contributed by atoms with Crippen LogP contribution in [0.3, 0.4) is 0 Å². The Hall–Kier alpha value is -3.94. The number of aliphatic imine (C=N–C) groups is 1. The van der Waals surface area contributed by atoms with Gasteiger partial charge in [-0.3, -0.25) is 14.9 Å². The minimum Gasteiger partial charge on any atom is -0.465 e. The summed E-state index contributed by atoms with van der Waals surface area (Å²) < 4.78 is 0. The maximum Gasteiger partial charge on any atom is 0.410 e. The van der Waals surface area contributed by atoms with Crippen molar-refractivity contribution in [1.29, 1.82) is 0 Å². The monoisotopic (exact) mass is 476 g/mol. The molecule has 2 aromatic carbocycles. The molecule has 8 nitrogen and oxygen atoms in total. The number of carbonyl (C=O) groups excluding carboxylic acids is 2. The van der Waals surface area contributed by atoms with Crippen molar-refractivity contribution in [2.24, 2.45) is 4.99 Å². The molecular formula is C27H32N4O4. The highest BCUT2D eigenvalue weighted by Gasteiger charge is 2.23. The van der Waals surface area contributed by atoms with E-state index in [1.165, 1.54) is 4.90 Å². The molecule has 0 aromatic heterocycles. The number of carbonyl (C=O) groups is 3. The van der Waals surface area contributed by atoms with Crippen LogP contribution in [0.4, 0.5) is 10.5 Å².